The van der Waals surface area contributed by atoms with E-state index in [4.69, 9.17) is 15.2 Å². The van der Waals surface area contributed by atoms with E-state index in [0.717, 1.165) is 5.56 Å². The molecule has 3 N–H and O–H groups in total. The number of carbonyl (C=O) groups excluding carboxylic acids is 3. The molecule has 3 aromatic rings. The van der Waals surface area contributed by atoms with Crippen LogP contribution in [-0.4, -0.2) is 75.1 Å². The Morgan fingerprint density at radius 3 is 2.62 bits per heavy atom. The molecule has 0 aliphatic carbocycles. The maximum Gasteiger partial charge on any atom is 0.325 e. The number of amides is 1. The summed E-state index contributed by atoms with van der Waals surface area (Å²) in [7, 11) is 0. The molecule has 0 spiro atoms. The number of ether oxygens (including phenoxy) is 2. The van der Waals surface area contributed by atoms with Crippen molar-refractivity contribution in [3.63, 3.8) is 0 Å². The zero-order valence-electron chi connectivity index (χ0n) is 18.8. The first-order valence-electron chi connectivity index (χ1n) is 10.7. The number of nitrogens with zero attached hydrogens (tertiary/aromatic N) is 5. The average Bonchev–Trinajstić information content (AvgIpc) is 3.25. The lowest BCUT2D eigenvalue weighted by Crippen LogP contribution is -2.41. The first-order chi connectivity index (χ1) is 16.5. The lowest BCUT2D eigenvalue weighted by Gasteiger charge is -2.21. The highest BCUT2D eigenvalue weighted by molar-refractivity contribution is 5.87. The highest BCUT2D eigenvalue weighted by Gasteiger charge is 2.20. The minimum atomic E-state index is -0.507. The van der Waals surface area contributed by atoms with E-state index in [2.05, 4.69) is 20.3 Å². The van der Waals surface area contributed by atoms with Crippen LogP contribution in [0, 0.1) is 0 Å². The molecule has 0 fully saturated rings. The van der Waals surface area contributed by atoms with Gasteiger partial charge >= 0.3 is 11.9 Å². The molecule has 12 nitrogen and oxygen atoms in total. The molecule has 12 heteroatoms. The van der Waals surface area contributed by atoms with Crippen molar-refractivity contribution in [1.82, 2.24) is 24.4 Å². The van der Waals surface area contributed by atoms with Gasteiger partial charge in [0.1, 0.15) is 38.1 Å². The van der Waals surface area contributed by atoms with Crippen LogP contribution in [0.1, 0.15) is 12.5 Å². The van der Waals surface area contributed by atoms with E-state index in [0.29, 0.717) is 17.0 Å². The summed E-state index contributed by atoms with van der Waals surface area (Å²) in [5, 5.41) is 2.90. The van der Waals surface area contributed by atoms with Crippen molar-refractivity contribution in [3.05, 3.63) is 48.5 Å². The van der Waals surface area contributed by atoms with Crippen molar-refractivity contribution in [2.24, 2.45) is 5.73 Å². The number of aromatic nitrogens is 4. The third-order valence-corrected chi connectivity index (χ3v) is 4.73. The van der Waals surface area contributed by atoms with Crippen LogP contribution in [0.15, 0.2) is 43.0 Å². The predicted molar refractivity (Wildman–Crippen MR) is 122 cm³/mol. The van der Waals surface area contributed by atoms with E-state index in [1.807, 2.05) is 30.3 Å². The number of benzene rings is 1. The van der Waals surface area contributed by atoms with Crippen LogP contribution in [-0.2, 0) is 37.0 Å². The Bertz CT molecular complexity index is 1120. The second-order valence-corrected chi connectivity index (χ2v) is 7.18. The summed E-state index contributed by atoms with van der Waals surface area (Å²) in [6.45, 7) is 2.08. The summed E-state index contributed by atoms with van der Waals surface area (Å²) in [5.74, 6) is -0.969. The maximum atomic E-state index is 12.8. The molecule has 2 aromatic heterocycles. The van der Waals surface area contributed by atoms with Crippen LogP contribution >= 0.6 is 0 Å². The Balaban J connectivity index is 1.62. The zero-order valence-corrected chi connectivity index (χ0v) is 18.8. The Kier molecular flexibility index (Phi) is 8.86. The summed E-state index contributed by atoms with van der Waals surface area (Å²) in [6.07, 6.45) is 2.75. The van der Waals surface area contributed by atoms with E-state index < -0.39 is 11.9 Å². The van der Waals surface area contributed by atoms with Gasteiger partial charge in [-0.2, -0.15) is 0 Å². The van der Waals surface area contributed by atoms with Gasteiger partial charge in [-0.15, -0.1) is 0 Å². The molecular weight excluding hydrogens is 442 g/mol. The molecule has 0 aliphatic heterocycles. The van der Waals surface area contributed by atoms with Crippen LogP contribution in [0.5, 0.6) is 0 Å². The largest absolute Gasteiger partial charge is 0.465 e. The Morgan fingerprint density at radius 1 is 1.09 bits per heavy atom. The molecule has 0 saturated heterocycles. The van der Waals surface area contributed by atoms with Gasteiger partial charge in [-0.25, -0.2) is 15.0 Å². The first kappa shape index (κ1) is 24.6. The fourth-order valence-corrected chi connectivity index (χ4v) is 3.13. The SMILES string of the molecule is CCOC(=O)CN(CCN)C(=O)Cn1cnc2c(NCC(=O)OCc3ccccc3)ncnc21. The number of nitrogens with one attached hydrogen (secondary N) is 1. The van der Waals surface area contributed by atoms with Gasteiger partial charge in [0.2, 0.25) is 5.91 Å². The predicted octanol–water partition coefficient (Wildman–Crippen LogP) is 0.332. The molecule has 180 valence electrons. The topological polar surface area (TPSA) is 155 Å². The number of esters is 2. The third-order valence-electron chi connectivity index (χ3n) is 4.73. The van der Waals surface area contributed by atoms with Gasteiger partial charge < -0.3 is 30.0 Å². The molecule has 0 saturated carbocycles. The summed E-state index contributed by atoms with van der Waals surface area (Å²) < 4.78 is 11.7. The fraction of sp³-hybridized carbons (Fsp3) is 0.364. The van der Waals surface area contributed by atoms with Gasteiger partial charge in [0, 0.05) is 13.1 Å². The van der Waals surface area contributed by atoms with Crippen LogP contribution in [0.3, 0.4) is 0 Å². The monoisotopic (exact) mass is 469 g/mol. The van der Waals surface area contributed by atoms with E-state index in [-0.39, 0.29) is 51.8 Å². The normalized spacial score (nSPS) is 10.6. The van der Waals surface area contributed by atoms with E-state index in [1.54, 1.807) is 6.92 Å². The van der Waals surface area contributed by atoms with Gasteiger partial charge in [0.05, 0.1) is 12.9 Å². The fourth-order valence-electron chi connectivity index (χ4n) is 3.13. The molecule has 34 heavy (non-hydrogen) atoms. The van der Waals surface area contributed by atoms with Crippen molar-refractivity contribution in [3.8, 4) is 0 Å². The molecule has 1 aromatic carbocycles. The van der Waals surface area contributed by atoms with Crippen molar-refractivity contribution >= 4 is 34.8 Å². The first-order valence-corrected chi connectivity index (χ1v) is 10.7. The second kappa shape index (κ2) is 12.3. The number of hydrogen-bond donors (Lipinski definition) is 2. The van der Waals surface area contributed by atoms with Crippen LogP contribution in [0.2, 0.25) is 0 Å². The molecule has 0 atom stereocenters. The van der Waals surface area contributed by atoms with Gasteiger partial charge in [-0.1, -0.05) is 30.3 Å². The van der Waals surface area contributed by atoms with Crippen molar-refractivity contribution < 1.29 is 23.9 Å². The standard InChI is InChI=1S/C22H27N7O5/c1-2-33-19(32)12-28(9-8-23)17(30)11-29-15-27-20-21(25-14-26-22(20)29)24-10-18(31)34-13-16-6-4-3-5-7-16/h3-7,14-15H,2,8-13,23H2,1H3,(H,24,25,26). The van der Waals surface area contributed by atoms with Gasteiger partial charge in [0.25, 0.3) is 0 Å². The number of carbonyl (C=O) groups is 3. The number of fused-ring (bicyclic) bond motifs is 1. The van der Waals surface area contributed by atoms with Crippen LogP contribution < -0.4 is 11.1 Å². The zero-order chi connectivity index (χ0) is 24.3. The summed E-state index contributed by atoms with van der Waals surface area (Å²) in [4.78, 5) is 50.6. The highest BCUT2D eigenvalue weighted by Crippen LogP contribution is 2.17. The van der Waals surface area contributed by atoms with Crippen LogP contribution in [0.25, 0.3) is 11.2 Å². The molecular formula is C22H27N7O5. The number of nitrogens with two attached hydrogens (primary N) is 1. The number of hydrogen-bond acceptors (Lipinski definition) is 10. The minimum absolute atomic E-state index is 0.106. The van der Waals surface area contributed by atoms with Gasteiger partial charge in [-0.3, -0.25) is 14.4 Å². The van der Waals surface area contributed by atoms with Crippen molar-refractivity contribution in [1.29, 1.82) is 0 Å². The van der Waals surface area contributed by atoms with Crippen LogP contribution in [0.4, 0.5) is 5.82 Å². The van der Waals surface area contributed by atoms with Gasteiger partial charge in [0.15, 0.2) is 11.5 Å². The van der Waals surface area contributed by atoms with E-state index in [9.17, 15) is 14.4 Å². The average molecular weight is 470 g/mol. The molecule has 1 amide bonds. The molecule has 0 unspecified atom stereocenters. The number of imidazole rings is 1. The summed E-state index contributed by atoms with van der Waals surface area (Å²) in [6, 6.07) is 9.35. The summed E-state index contributed by atoms with van der Waals surface area (Å²) >= 11 is 0. The number of anilines is 1. The maximum absolute atomic E-state index is 12.8. The number of rotatable bonds is 12. The Labute approximate surface area is 196 Å². The smallest absolute Gasteiger partial charge is 0.325 e. The Morgan fingerprint density at radius 2 is 1.88 bits per heavy atom. The van der Waals surface area contributed by atoms with E-state index >= 15 is 0 Å². The molecule has 0 radical (unpaired) electrons. The lowest BCUT2D eigenvalue weighted by atomic mass is 10.2. The highest BCUT2D eigenvalue weighted by atomic mass is 16.5. The summed E-state index contributed by atoms with van der Waals surface area (Å²) in [5.41, 5.74) is 7.25. The quantitative estimate of drug-likeness (QED) is 0.355. The van der Waals surface area contributed by atoms with Crippen molar-refractivity contribution in [2.45, 2.75) is 20.1 Å². The van der Waals surface area contributed by atoms with Crippen molar-refractivity contribution in [2.75, 3.05) is 38.1 Å². The molecule has 0 aliphatic rings. The van der Waals surface area contributed by atoms with Gasteiger partial charge in [-0.05, 0) is 12.5 Å². The Hall–Kier alpha value is -4.06. The lowest BCUT2D eigenvalue weighted by molar-refractivity contribution is -0.149. The van der Waals surface area contributed by atoms with E-state index in [1.165, 1.54) is 22.1 Å². The molecule has 0 bridgehead atoms. The third kappa shape index (κ3) is 6.72. The second-order valence-electron chi connectivity index (χ2n) is 7.18. The molecule has 2 heterocycles. The molecule has 3 rings (SSSR count). The minimum Gasteiger partial charge on any atom is -0.465 e.